The summed E-state index contributed by atoms with van der Waals surface area (Å²) < 4.78 is 5.17. The van der Waals surface area contributed by atoms with Gasteiger partial charge < -0.3 is 4.74 Å². The van der Waals surface area contributed by atoms with Crippen LogP contribution in [0.2, 0.25) is 0 Å². The van der Waals surface area contributed by atoms with E-state index in [2.05, 4.69) is 5.48 Å². The molecule has 4 nitrogen and oxygen atoms in total. The molecule has 1 aliphatic heterocycles. The molecule has 4 heteroatoms. The summed E-state index contributed by atoms with van der Waals surface area (Å²) in [4.78, 5) is 16.3. The van der Waals surface area contributed by atoms with Crippen molar-refractivity contribution >= 4 is 5.97 Å². The molecule has 0 amide bonds. The molecule has 0 aliphatic carbocycles. The highest BCUT2D eigenvalue weighted by molar-refractivity contribution is 5.89. The Morgan fingerprint density at radius 1 is 1.62 bits per heavy atom. The van der Waals surface area contributed by atoms with Crippen LogP contribution in [0.5, 0.6) is 0 Å². The monoisotopic (exact) mass is 185 g/mol. The molecule has 0 radical (unpaired) electrons. The van der Waals surface area contributed by atoms with Gasteiger partial charge in [0.2, 0.25) is 0 Å². The van der Waals surface area contributed by atoms with E-state index in [0.29, 0.717) is 18.7 Å². The van der Waals surface area contributed by atoms with Crippen LogP contribution >= 0.6 is 0 Å². The van der Waals surface area contributed by atoms with Crippen molar-refractivity contribution in [1.29, 1.82) is 0 Å². The number of carbonyl (C=O) groups excluding carboxylic acids is 1. The number of hydroxylamine groups is 1. The summed E-state index contributed by atoms with van der Waals surface area (Å²) in [6.07, 6.45) is 1.73. The van der Waals surface area contributed by atoms with Gasteiger partial charge in [-0.15, -0.1) is 0 Å². The van der Waals surface area contributed by atoms with E-state index >= 15 is 0 Å². The van der Waals surface area contributed by atoms with Crippen LogP contribution in [0.3, 0.4) is 0 Å². The Balaban J connectivity index is 2.52. The fourth-order valence-electron chi connectivity index (χ4n) is 0.901. The number of esters is 1. The van der Waals surface area contributed by atoms with Crippen molar-refractivity contribution in [2.75, 3.05) is 13.2 Å². The lowest BCUT2D eigenvalue weighted by Gasteiger charge is -2.21. The van der Waals surface area contributed by atoms with Crippen LogP contribution in [0.1, 0.15) is 20.8 Å². The van der Waals surface area contributed by atoms with Crippen molar-refractivity contribution in [2.45, 2.75) is 26.4 Å². The molecule has 0 unspecified atom stereocenters. The standard InChI is InChI=1S/C9H15NO3/c1-9(2,3)13-8(11)7-4-5-12-10-6-7/h4,10H,5-6H2,1-3H3. The first kappa shape index (κ1) is 10.2. The van der Waals surface area contributed by atoms with Crippen LogP contribution in [0.25, 0.3) is 0 Å². The van der Waals surface area contributed by atoms with E-state index in [0.717, 1.165) is 0 Å². The Hall–Kier alpha value is -0.870. The summed E-state index contributed by atoms with van der Waals surface area (Å²) in [6, 6.07) is 0. The number of ether oxygens (including phenoxy) is 1. The van der Waals surface area contributed by atoms with Gasteiger partial charge in [0.25, 0.3) is 0 Å². The van der Waals surface area contributed by atoms with Crippen LogP contribution in [-0.2, 0) is 14.4 Å². The number of hydrogen-bond acceptors (Lipinski definition) is 4. The maximum Gasteiger partial charge on any atom is 0.335 e. The van der Waals surface area contributed by atoms with E-state index in [9.17, 15) is 4.79 Å². The molecule has 0 bridgehead atoms. The van der Waals surface area contributed by atoms with Crippen molar-refractivity contribution in [2.24, 2.45) is 0 Å². The van der Waals surface area contributed by atoms with Gasteiger partial charge in [0.1, 0.15) is 5.60 Å². The highest BCUT2D eigenvalue weighted by Gasteiger charge is 2.20. The Labute approximate surface area is 77.9 Å². The second-order valence-corrected chi connectivity index (χ2v) is 3.86. The Kier molecular flexibility index (Phi) is 3.06. The number of nitrogens with one attached hydrogen (secondary N) is 1. The van der Waals surface area contributed by atoms with E-state index < -0.39 is 5.60 Å². The summed E-state index contributed by atoms with van der Waals surface area (Å²) in [5.74, 6) is -0.275. The van der Waals surface area contributed by atoms with Crippen LogP contribution in [0, 0.1) is 0 Å². The molecule has 1 aliphatic rings. The highest BCUT2D eigenvalue weighted by atomic mass is 16.6. The van der Waals surface area contributed by atoms with E-state index in [1.54, 1.807) is 6.08 Å². The third kappa shape index (κ3) is 3.57. The fourth-order valence-corrected chi connectivity index (χ4v) is 0.901. The predicted octanol–water partition coefficient (Wildman–Crippen LogP) is 0.789. The average molecular weight is 185 g/mol. The molecular formula is C9H15NO3. The topological polar surface area (TPSA) is 47.6 Å². The van der Waals surface area contributed by atoms with E-state index in [-0.39, 0.29) is 5.97 Å². The minimum atomic E-state index is -0.434. The summed E-state index contributed by atoms with van der Waals surface area (Å²) in [5, 5.41) is 0. The van der Waals surface area contributed by atoms with Gasteiger partial charge in [-0.25, -0.2) is 4.79 Å². The highest BCUT2D eigenvalue weighted by Crippen LogP contribution is 2.11. The van der Waals surface area contributed by atoms with Gasteiger partial charge in [-0.1, -0.05) is 0 Å². The van der Waals surface area contributed by atoms with Gasteiger partial charge in [0.15, 0.2) is 0 Å². The quantitative estimate of drug-likeness (QED) is 0.613. The first-order valence-electron chi connectivity index (χ1n) is 4.26. The molecule has 74 valence electrons. The molecule has 1 rings (SSSR count). The Morgan fingerprint density at radius 3 is 2.77 bits per heavy atom. The van der Waals surface area contributed by atoms with E-state index in [1.165, 1.54) is 0 Å². The molecule has 0 fully saturated rings. The number of carbonyl (C=O) groups is 1. The van der Waals surface area contributed by atoms with Gasteiger partial charge in [-0.2, -0.15) is 5.48 Å². The maximum absolute atomic E-state index is 11.4. The second-order valence-electron chi connectivity index (χ2n) is 3.86. The van der Waals surface area contributed by atoms with Crippen molar-refractivity contribution in [1.82, 2.24) is 5.48 Å². The van der Waals surface area contributed by atoms with Crippen molar-refractivity contribution in [3.8, 4) is 0 Å². The summed E-state index contributed by atoms with van der Waals surface area (Å²) in [7, 11) is 0. The predicted molar refractivity (Wildman–Crippen MR) is 47.9 cm³/mol. The zero-order valence-corrected chi connectivity index (χ0v) is 8.22. The first-order chi connectivity index (χ1) is 5.99. The molecule has 1 heterocycles. The SMILES string of the molecule is CC(C)(C)OC(=O)C1=CCONC1. The zero-order valence-electron chi connectivity index (χ0n) is 8.22. The van der Waals surface area contributed by atoms with Crippen molar-refractivity contribution < 1.29 is 14.4 Å². The molecule has 0 saturated heterocycles. The lowest BCUT2D eigenvalue weighted by molar-refractivity contribution is -0.150. The largest absolute Gasteiger partial charge is 0.457 e. The fraction of sp³-hybridized carbons (Fsp3) is 0.667. The minimum absolute atomic E-state index is 0.275. The van der Waals surface area contributed by atoms with Gasteiger partial charge >= 0.3 is 5.97 Å². The lowest BCUT2D eigenvalue weighted by atomic mass is 10.2. The van der Waals surface area contributed by atoms with Gasteiger partial charge in [-0.3, -0.25) is 4.84 Å². The van der Waals surface area contributed by atoms with Gasteiger partial charge in [0, 0.05) is 0 Å². The third-order valence-electron chi connectivity index (χ3n) is 1.44. The Morgan fingerprint density at radius 2 is 2.31 bits per heavy atom. The molecular weight excluding hydrogens is 170 g/mol. The van der Waals surface area contributed by atoms with Crippen LogP contribution in [-0.4, -0.2) is 24.7 Å². The molecule has 0 atom stereocenters. The second kappa shape index (κ2) is 3.89. The average Bonchev–Trinajstić information content (AvgIpc) is 2.03. The normalized spacial score (nSPS) is 17.9. The molecule has 0 saturated carbocycles. The summed E-state index contributed by atoms with van der Waals surface area (Å²) in [5.41, 5.74) is 2.82. The number of hydrogen-bond donors (Lipinski definition) is 1. The third-order valence-corrected chi connectivity index (χ3v) is 1.44. The van der Waals surface area contributed by atoms with Gasteiger partial charge in [-0.05, 0) is 26.8 Å². The summed E-state index contributed by atoms with van der Waals surface area (Å²) >= 11 is 0. The van der Waals surface area contributed by atoms with Gasteiger partial charge in [0.05, 0.1) is 18.7 Å². The zero-order chi connectivity index (χ0) is 9.90. The minimum Gasteiger partial charge on any atom is -0.457 e. The smallest absolute Gasteiger partial charge is 0.335 e. The van der Waals surface area contributed by atoms with E-state index in [1.807, 2.05) is 20.8 Å². The molecule has 0 aromatic rings. The van der Waals surface area contributed by atoms with Crippen LogP contribution < -0.4 is 5.48 Å². The molecule has 1 N–H and O–H groups in total. The molecule has 0 aromatic heterocycles. The molecule has 0 spiro atoms. The first-order valence-corrected chi connectivity index (χ1v) is 4.26. The van der Waals surface area contributed by atoms with Crippen LogP contribution in [0.4, 0.5) is 0 Å². The molecule has 0 aromatic carbocycles. The van der Waals surface area contributed by atoms with Crippen molar-refractivity contribution in [3.63, 3.8) is 0 Å². The van der Waals surface area contributed by atoms with E-state index in [4.69, 9.17) is 9.57 Å². The van der Waals surface area contributed by atoms with Crippen molar-refractivity contribution in [3.05, 3.63) is 11.6 Å². The number of rotatable bonds is 1. The molecule has 13 heavy (non-hydrogen) atoms. The summed E-state index contributed by atoms with van der Waals surface area (Å²) in [6.45, 7) is 6.36. The Bertz CT molecular complexity index is 228. The maximum atomic E-state index is 11.4. The van der Waals surface area contributed by atoms with Crippen LogP contribution in [0.15, 0.2) is 11.6 Å². The lowest BCUT2D eigenvalue weighted by Crippen LogP contribution is -2.31.